The maximum Gasteiger partial charge on any atom is 0.309 e. The Morgan fingerprint density at radius 3 is 2.26 bits per heavy atom. The van der Waals surface area contributed by atoms with Crippen molar-refractivity contribution in [2.24, 2.45) is 28.6 Å². The normalized spacial score (nSPS) is 41.0. The first-order chi connectivity index (χ1) is 12.6. The second kappa shape index (κ2) is 6.73. The van der Waals surface area contributed by atoms with Crippen LogP contribution in [0.3, 0.4) is 0 Å². The molecule has 0 amide bonds. The highest BCUT2D eigenvalue weighted by Crippen LogP contribution is 2.60. The Hall–Kier alpha value is -0.610. The van der Waals surface area contributed by atoms with Crippen molar-refractivity contribution in [2.45, 2.75) is 103 Å². The van der Waals surface area contributed by atoms with Gasteiger partial charge < -0.3 is 15.2 Å². The van der Waals surface area contributed by atoms with Crippen molar-refractivity contribution in [1.29, 1.82) is 0 Å². The number of ether oxygens (including phenoxy) is 1. The molecule has 5 aliphatic rings. The summed E-state index contributed by atoms with van der Waals surface area (Å²) in [5.74, 6) is 1.19. The molecule has 4 nitrogen and oxygen atoms in total. The number of nitrogens with one attached hydrogen (secondary N) is 1. The monoisotopic (exact) mass is 377 g/mol. The lowest BCUT2D eigenvalue weighted by atomic mass is 9.48. The molecule has 0 radical (unpaired) electrons. The first kappa shape index (κ1) is 19.7. The summed E-state index contributed by atoms with van der Waals surface area (Å²) in [4.78, 5) is 11.9. The Balaban J connectivity index is 1.32. The van der Waals surface area contributed by atoms with E-state index in [2.05, 4.69) is 33.0 Å². The zero-order chi connectivity index (χ0) is 19.4. The quantitative estimate of drug-likeness (QED) is 0.709. The SMILES string of the molecule is CC1(C)CCC(OC(C)(C)CNC2C3CC4CC2CC(C(=O)O)(C4)C3)CC1. The third-order valence-electron chi connectivity index (χ3n) is 8.26. The van der Waals surface area contributed by atoms with E-state index in [1.54, 1.807) is 0 Å². The fourth-order valence-electron chi connectivity index (χ4n) is 6.97. The number of rotatable bonds is 6. The molecule has 2 N–H and O–H groups in total. The van der Waals surface area contributed by atoms with E-state index in [9.17, 15) is 9.90 Å². The van der Waals surface area contributed by atoms with Crippen LogP contribution in [-0.2, 0) is 9.53 Å². The van der Waals surface area contributed by atoms with E-state index in [0.29, 0.717) is 35.3 Å². The molecule has 154 valence electrons. The van der Waals surface area contributed by atoms with E-state index in [0.717, 1.165) is 25.8 Å². The van der Waals surface area contributed by atoms with Crippen molar-refractivity contribution in [3.8, 4) is 0 Å². The summed E-state index contributed by atoms with van der Waals surface area (Å²) in [7, 11) is 0. The van der Waals surface area contributed by atoms with Crippen LogP contribution < -0.4 is 5.32 Å². The Kier molecular flexibility index (Phi) is 4.91. The third kappa shape index (κ3) is 3.94. The Bertz CT molecular complexity index is 558. The van der Waals surface area contributed by atoms with E-state index >= 15 is 0 Å². The van der Waals surface area contributed by atoms with E-state index in [4.69, 9.17) is 4.74 Å². The first-order valence-electron chi connectivity index (χ1n) is 11.2. The predicted molar refractivity (Wildman–Crippen MR) is 107 cm³/mol. The highest BCUT2D eigenvalue weighted by molar-refractivity contribution is 5.75. The van der Waals surface area contributed by atoms with Gasteiger partial charge in [-0.2, -0.15) is 0 Å². The number of carboxylic acids is 1. The lowest BCUT2D eigenvalue weighted by Crippen LogP contribution is -2.61. The van der Waals surface area contributed by atoms with Gasteiger partial charge in [0.2, 0.25) is 0 Å². The Morgan fingerprint density at radius 2 is 1.70 bits per heavy atom. The summed E-state index contributed by atoms with van der Waals surface area (Å²) in [6.45, 7) is 10.0. The van der Waals surface area contributed by atoms with Crippen molar-refractivity contribution in [2.75, 3.05) is 6.54 Å². The van der Waals surface area contributed by atoms with Crippen LogP contribution in [0.5, 0.6) is 0 Å². The molecular weight excluding hydrogens is 338 g/mol. The van der Waals surface area contributed by atoms with Crippen LogP contribution in [-0.4, -0.2) is 35.4 Å². The number of carbonyl (C=O) groups is 1. The highest BCUT2D eigenvalue weighted by atomic mass is 16.5. The third-order valence-corrected chi connectivity index (χ3v) is 8.26. The van der Waals surface area contributed by atoms with E-state index in [1.807, 2.05) is 0 Å². The minimum Gasteiger partial charge on any atom is -0.481 e. The second-order valence-electron chi connectivity index (χ2n) is 11.7. The molecule has 0 spiro atoms. The molecule has 27 heavy (non-hydrogen) atoms. The van der Waals surface area contributed by atoms with Crippen molar-refractivity contribution in [1.82, 2.24) is 5.32 Å². The highest BCUT2D eigenvalue weighted by Gasteiger charge is 2.58. The van der Waals surface area contributed by atoms with E-state index < -0.39 is 11.4 Å². The summed E-state index contributed by atoms with van der Waals surface area (Å²) in [6.07, 6.45) is 10.4. The van der Waals surface area contributed by atoms with Crippen LogP contribution in [0.4, 0.5) is 0 Å². The van der Waals surface area contributed by atoms with Crippen LogP contribution in [0.15, 0.2) is 0 Å². The smallest absolute Gasteiger partial charge is 0.309 e. The molecular formula is C23H39NO3. The number of carboxylic acid groups (broad SMARTS) is 1. The van der Waals surface area contributed by atoms with Crippen LogP contribution in [0.25, 0.3) is 0 Å². The fourth-order valence-corrected chi connectivity index (χ4v) is 6.97. The molecule has 2 atom stereocenters. The Labute approximate surface area is 164 Å². The maximum absolute atomic E-state index is 11.9. The van der Waals surface area contributed by atoms with Crippen molar-refractivity contribution >= 4 is 5.97 Å². The number of aliphatic carboxylic acids is 1. The van der Waals surface area contributed by atoms with Gasteiger partial charge in [-0.05, 0) is 94.8 Å². The molecule has 4 bridgehead atoms. The van der Waals surface area contributed by atoms with Gasteiger partial charge >= 0.3 is 5.97 Å². The van der Waals surface area contributed by atoms with E-state index in [-0.39, 0.29) is 5.60 Å². The summed E-state index contributed by atoms with van der Waals surface area (Å²) in [5, 5.41) is 13.7. The minimum atomic E-state index is -0.538. The molecule has 0 aromatic carbocycles. The molecule has 0 aromatic rings. The van der Waals surface area contributed by atoms with Gasteiger partial charge in [-0.1, -0.05) is 13.8 Å². The van der Waals surface area contributed by atoms with Gasteiger partial charge in [0.1, 0.15) is 0 Å². The number of hydrogen-bond acceptors (Lipinski definition) is 3. The molecule has 0 saturated heterocycles. The van der Waals surface area contributed by atoms with Gasteiger partial charge in [0, 0.05) is 12.6 Å². The summed E-state index contributed by atoms with van der Waals surface area (Å²) in [6, 6.07) is 0.488. The molecule has 5 aliphatic carbocycles. The average Bonchev–Trinajstić information content (AvgIpc) is 2.55. The summed E-state index contributed by atoms with van der Waals surface area (Å²) < 4.78 is 6.52. The van der Waals surface area contributed by atoms with Crippen LogP contribution in [0, 0.1) is 28.6 Å². The van der Waals surface area contributed by atoms with Crippen molar-refractivity contribution in [3.05, 3.63) is 0 Å². The van der Waals surface area contributed by atoms with Gasteiger partial charge in [-0.3, -0.25) is 4.79 Å². The Morgan fingerprint density at radius 1 is 1.11 bits per heavy atom. The molecule has 5 rings (SSSR count). The molecule has 4 heteroatoms. The van der Waals surface area contributed by atoms with Crippen molar-refractivity contribution in [3.63, 3.8) is 0 Å². The van der Waals surface area contributed by atoms with Gasteiger partial charge in [0.25, 0.3) is 0 Å². The van der Waals surface area contributed by atoms with Crippen LogP contribution >= 0.6 is 0 Å². The minimum absolute atomic E-state index is 0.161. The molecule has 0 heterocycles. The van der Waals surface area contributed by atoms with E-state index in [1.165, 1.54) is 38.5 Å². The molecule has 5 fully saturated rings. The molecule has 0 aromatic heterocycles. The maximum atomic E-state index is 11.9. The van der Waals surface area contributed by atoms with Crippen LogP contribution in [0.1, 0.15) is 85.5 Å². The summed E-state index contributed by atoms with van der Waals surface area (Å²) in [5.41, 5.74) is -0.0936. The topological polar surface area (TPSA) is 58.6 Å². The first-order valence-corrected chi connectivity index (χ1v) is 11.2. The van der Waals surface area contributed by atoms with Crippen molar-refractivity contribution < 1.29 is 14.6 Å². The van der Waals surface area contributed by atoms with Crippen LogP contribution in [0.2, 0.25) is 0 Å². The largest absolute Gasteiger partial charge is 0.481 e. The van der Waals surface area contributed by atoms with Gasteiger partial charge in [-0.25, -0.2) is 0 Å². The summed E-state index contributed by atoms with van der Waals surface area (Å²) >= 11 is 0. The predicted octanol–water partition coefficient (Wildman–Crippen LogP) is 4.62. The lowest BCUT2D eigenvalue weighted by Gasteiger charge is -2.58. The van der Waals surface area contributed by atoms with Gasteiger partial charge in [0.05, 0.1) is 17.1 Å². The zero-order valence-electron chi connectivity index (χ0n) is 17.7. The van der Waals surface area contributed by atoms with Gasteiger partial charge in [0.15, 0.2) is 0 Å². The molecule has 2 unspecified atom stereocenters. The number of hydrogen-bond donors (Lipinski definition) is 2. The fraction of sp³-hybridized carbons (Fsp3) is 0.957. The van der Waals surface area contributed by atoms with Gasteiger partial charge in [-0.15, -0.1) is 0 Å². The standard InChI is InChI=1S/C23H39NO3/c1-21(2)7-5-18(6-8-21)27-22(3,4)14-24-19-16-9-15-10-17(19)13-23(11-15,12-16)20(25)26/h15-19,24H,5-14H2,1-4H3,(H,25,26). The molecule has 0 aliphatic heterocycles. The molecule has 5 saturated carbocycles. The second-order valence-corrected chi connectivity index (χ2v) is 11.7. The average molecular weight is 378 g/mol. The lowest BCUT2D eigenvalue weighted by molar-refractivity contribution is -0.168. The zero-order valence-corrected chi connectivity index (χ0v) is 17.7.